The lowest BCUT2D eigenvalue weighted by atomic mass is 10.0. The summed E-state index contributed by atoms with van der Waals surface area (Å²) in [6.45, 7) is 10.5. The summed E-state index contributed by atoms with van der Waals surface area (Å²) < 4.78 is 15.7. The molecule has 1 fully saturated rings. The minimum atomic E-state index is -1.16. The molecule has 1 aliphatic heterocycles. The first kappa shape index (κ1) is 29.6. The highest BCUT2D eigenvalue weighted by Crippen LogP contribution is 2.27. The van der Waals surface area contributed by atoms with E-state index in [2.05, 4.69) is 5.32 Å². The fraction of sp³-hybridized carbons (Fsp3) is 0.448. The van der Waals surface area contributed by atoms with Crippen LogP contribution in [-0.4, -0.2) is 65.9 Å². The average molecular weight is 540 g/mol. The molecule has 210 valence electrons. The van der Waals surface area contributed by atoms with Crippen molar-refractivity contribution in [3.63, 3.8) is 0 Å². The molecule has 1 N–H and O–H groups in total. The van der Waals surface area contributed by atoms with Crippen LogP contribution in [-0.2, 0) is 14.3 Å². The Morgan fingerprint density at radius 1 is 0.974 bits per heavy atom. The number of imide groups is 1. The number of benzene rings is 2. The summed E-state index contributed by atoms with van der Waals surface area (Å²) in [6.07, 6.45) is 0.291. The zero-order valence-corrected chi connectivity index (χ0v) is 23.6. The number of hydrogen-bond acceptors (Lipinski definition) is 8. The van der Waals surface area contributed by atoms with Gasteiger partial charge in [0, 0.05) is 16.7 Å². The quantitative estimate of drug-likeness (QED) is 0.328. The number of carbonyl (C=O) groups excluding carboxylic acids is 4. The maximum absolute atomic E-state index is 14.0. The van der Waals surface area contributed by atoms with Gasteiger partial charge in [0.1, 0.15) is 11.8 Å². The number of hydrogen-bond donors (Lipinski definition) is 1. The van der Waals surface area contributed by atoms with E-state index < -0.39 is 42.3 Å². The van der Waals surface area contributed by atoms with Crippen LogP contribution in [0.2, 0.25) is 0 Å². The van der Waals surface area contributed by atoms with Gasteiger partial charge in [-0.3, -0.25) is 14.4 Å². The summed E-state index contributed by atoms with van der Waals surface area (Å²) in [7, 11) is 1.47. The Morgan fingerprint density at radius 3 is 2.21 bits per heavy atom. The van der Waals surface area contributed by atoms with Crippen molar-refractivity contribution in [3.05, 3.63) is 64.2 Å². The molecule has 1 aliphatic rings. The van der Waals surface area contributed by atoms with Crippen LogP contribution >= 0.6 is 0 Å². The molecule has 2 aromatic rings. The van der Waals surface area contributed by atoms with E-state index in [1.165, 1.54) is 13.2 Å². The fourth-order valence-corrected chi connectivity index (χ4v) is 4.54. The number of hydrazine groups is 1. The van der Waals surface area contributed by atoms with E-state index in [4.69, 9.17) is 14.2 Å². The molecule has 10 heteroatoms. The highest BCUT2D eigenvalue weighted by molar-refractivity contribution is 6.07. The van der Waals surface area contributed by atoms with Crippen LogP contribution in [0.25, 0.3) is 0 Å². The predicted octanol–water partition coefficient (Wildman–Crippen LogP) is 4.31. The summed E-state index contributed by atoms with van der Waals surface area (Å²) in [6, 6.07) is 9.67. The SMILES string of the molecule is COc1cccc(C(=O)N(C(=O)OCOC(=O)C2CCCN2)N(C(=O)c2cc(C)cc(C)c2)C(C)(C)C)c1C. The van der Waals surface area contributed by atoms with Gasteiger partial charge in [-0.15, -0.1) is 5.01 Å². The molecule has 0 bridgehead atoms. The molecule has 3 rings (SSSR count). The summed E-state index contributed by atoms with van der Waals surface area (Å²) in [5, 5.41) is 4.75. The van der Waals surface area contributed by atoms with Gasteiger partial charge < -0.3 is 19.5 Å². The van der Waals surface area contributed by atoms with Crippen LogP contribution in [0.15, 0.2) is 36.4 Å². The maximum Gasteiger partial charge on any atom is 0.439 e. The first-order chi connectivity index (χ1) is 18.3. The molecule has 1 heterocycles. The molecule has 10 nitrogen and oxygen atoms in total. The van der Waals surface area contributed by atoms with Crippen molar-refractivity contribution in [1.29, 1.82) is 0 Å². The molecule has 3 amide bonds. The number of carbonyl (C=O) groups is 4. The number of esters is 1. The standard InChI is InChI=1S/C29H37N3O7/c1-18-14-19(2)16-21(15-18)25(33)32(29(4,5)6)31(26(34)22-10-8-12-24(37-7)20(22)3)28(36)39-17-38-27(35)23-11-9-13-30-23/h8,10,12,14-16,23,30H,9,11,13,17H2,1-7H3. The van der Waals surface area contributed by atoms with Crippen molar-refractivity contribution < 1.29 is 33.4 Å². The van der Waals surface area contributed by atoms with Gasteiger partial charge in [0.05, 0.1) is 12.6 Å². The van der Waals surface area contributed by atoms with Crippen LogP contribution in [0.4, 0.5) is 4.79 Å². The van der Waals surface area contributed by atoms with E-state index in [0.29, 0.717) is 34.9 Å². The molecule has 0 aliphatic carbocycles. The zero-order valence-electron chi connectivity index (χ0n) is 23.6. The lowest BCUT2D eigenvalue weighted by Crippen LogP contribution is -2.60. The molecule has 39 heavy (non-hydrogen) atoms. The van der Waals surface area contributed by atoms with Gasteiger partial charge in [-0.05, 0) is 85.2 Å². The summed E-state index contributed by atoms with van der Waals surface area (Å²) in [4.78, 5) is 53.8. The van der Waals surface area contributed by atoms with Gasteiger partial charge in [-0.1, -0.05) is 23.3 Å². The van der Waals surface area contributed by atoms with Gasteiger partial charge >= 0.3 is 12.1 Å². The third kappa shape index (κ3) is 6.94. The third-order valence-electron chi connectivity index (χ3n) is 6.32. The minimum absolute atomic E-state index is 0.140. The van der Waals surface area contributed by atoms with Crippen molar-refractivity contribution in [2.24, 2.45) is 0 Å². The first-order valence-electron chi connectivity index (χ1n) is 12.8. The van der Waals surface area contributed by atoms with Crippen LogP contribution in [0, 0.1) is 20.8 Å². The first-order valence-corrected chi connectivity index (χ1v) is 12.8. The molecular formula is C29H37N3O7. The van der Waals surface area contributed by atoms with Gasteiger partial charge in [0.25, 0.3) is 11.8 Å². The maximum atomic E-state index is 14.0. The Morgan fingerprint density at radius 2 is 1.64 bits per heavy atom. The number of nitrogens with zero attached hydrogens (tertiary/aromatic N) is 2. The molecule has 0 saturated carbocycles. The lowest BCUT2D eigenvalue weighted by Gasteiger charge is -2.41. The highest BCUT2D eigenvalue weighted by atomic mass is 16.7. The molecule has 0 aromatic heterocycles. The van der Waals surface area contributed by atoms with Crippen molar-refractivity contribution in [2.75, 3.05) is 20.4 Å². The third-order valence-corrected chi connectivity index (χ3v) is 6.32. The van der Waals surface area contributed by atoms with Crippen molar-refractivity contribution in [2.45, 2.75) is 66.0 Å². The Labute approximate surface area is 229 Å². The number of aryl methyl sites for hydroxylation is 2. The van der Waals surface area contributed by atoms with Crippen LogP contribution < -0.4 is 10.1 Å². The largest absolute Gasteiger partial charge is 0.496 e. The Balaban J connectivity index is 2.01. The smallest absolute Gasteiger partial charge is 0.439 e. The van der Waals surface area contributed by atoms with Crippen LogP contribution in [0.5, 0.6) is 5.75 Å². The van der Waals surface area contributed by atoms with E-state index >= 15 is 0 Å². The van der Waals surface area contributed by atoms with Gasteiger partial charge in [0.15, 0.2) is 0 Å². The van der Waals surface area contributed by atoms with Crippen LogP contribution in [0.1, 0.15) is 71.0 Å². The number of ether oxygens (including phenoxy) is 3. The Kier molecular flexibility index (Phi) is 9.34. The molecular weight excluding hydrogens is 502 g/mol. The fourth-order valence-electron chi connectivity index (χ4n) is 4.54. The van der Waals surface area contributed by atoms with Gasteiger partial charge in [0.2, 0.25) is 6.79 Å². The number of amides is 3. The summed E-state index contributed by atoms with van der Waals surface area (Å²) in [5.74, 6) is -1.49. The molecule has 1 saturated heterocycles. The van der Waals surface area contributed by atoms with E-state index in [0.717, 1.165) is 22.6 Å². The Bertz CT molecular complexity index is 1230. The number of nitrogens with one attached hydrogen (secondary N) is 1. The normalized spacial score (nSPS) is 14.9. The minimum Gasteiger partial charge on any atom is -0.496 e. The predicted molar refractivity (Wildman–Crippen MR) is 144 cm³/mol. The van der Waals surface area contributed by atoms with E-state index in [1.807, 2.05) is 19.9 Å². The van der Waals surface area contributed by atoms with Crippen molar-refractivity contribution >= 4 is 23.9 Å². The highest BCUT2D eigenvalue weighted by Gasteiger charge is 2.42. The topological polar surface area (TPSA) is 114 Å². The zero-order chi connectivity index (χ0) is 28.9. The van der Waals surface area contributed by atoms with E-state index in [1.54, 1.807) is 52.0 Å². The molecule has 1 atom stereocenters. The van der Waals surface area contributed by atoms with Crippen molar-refractivity contribution in [1.82, 2.24) is 15.3 Å². The Hall–Kier alpha value is -3.92. The molecule has 2 aromatic carbocycles. The molecule has 0 spiro atoms. The second-order valence-corrected chi connectivity index (χ2v) is 10.6. The summed E-state index contributed by atoms with van der Waals surface area (Å²) in [5.41, 5.74) is 1.58. The second-order valence-electron chi connectivity index (χ2n) is 10.6. The van der Waals surface area contributed by atoms with E-state index in [-0.39, 0.29) is 5.56 Å². The molecule has 1 unspecified atom stereocenters. The molecule has 0 radical (unpaired) electrons. The number of rotatable bonds is 6. The average Bonchev–Trinajstić information content (AvgIpc) is 3.40. The van der Waals surface area contributed by atoms with Crippen LogP contribution in [0.3, 0.4) is 0 Å². The monoisotopic (exact) mass is 539 g/mol. The van der Waals surface area contributed by atoms with Gasteiger partial charge in [-0.25, -0.2) is 9.80 Å². The van der Waals surface area contributed by atoms with E-state index in [9.17, 15) is 19.2 Å². The summed E-state index contributed by atoms with van der Waals surface area (Å²) >= 11 is 0. The second kappa shape index (κ2) is 12.3. The van der Waals surface area contributed by atoms with Gasteiger partial charge in [-0.2, -0.15) is 0 Å². The number of methoxy groups -OCH3 is 1. The lowest BCUT2D eigenvalue weighted by molar-refractivity contribution is -0.155. The van der Waals surface area contributed by atoms with Crippen molar-refractivity contribution in [3.8, 4) is 5.75 Å².